The molecule has 20 heavy (non-hydrogen) atoms. The molecule has 0 amide bonds. The van der Waals surface area contributed by atoms with Crippen LogP contribution in [-0.2, 0) is 4.79 Å². The molecule has 1 fully saturated rings. The predicted molar refractivity (Wildman–Crippen MR) is 73.4 cm³/mol. The van der Waals surface area contributed by atoms with Gasteiger partial charge in [0.1, 0.15) is 0 Å². The number of rotatable bonds is 5. The molecule has 1 N–H and O–H groups in total. The van der Waals surface area contributed by atoms with Crippen molar-refractivity contribution in [2.75, 3.05) is 13.1 Å². The number of aliphatic carboxylic acids is 1. The van der Waals surface area contributed by atoms with Gasteiger partial charge in [-0.1, -0.05) is 19.1 Å². The van der Waals surface area contributed by atoms with E-state index in [1.54, 1.807) is 19.1 Å². The molecular formula is C14H18N2O4. The lowest BCUT2D eigenvalue weighted by Gasteiger charge is -2.45. The number of non-ortho nitro benzene ring substituents is 1. The molecule has 2 atom stereocenters. The van der Waals surface area contributed by atoms with Crippen LogP contribution in [-0.4, -0.2) is 34.0 Å². The normalized spacial score (nSPS) is 19.1. The zero-order valence-electron chi connectivity index (χ0n) is 11.5. The van der Waals surface area contributed by atoms with E-state index >= 15 is 0 Å². The average Bonchev–Trinajstić information content (AvgIpc) is 2.36. The highest BCUT2D eigenvalue weighted by molar-refractivity contribution is 5.70. The van der Waals surface area contributed by atoms with Gasteiger partial charge in [0.05, 0.1) is 10.8 Å². The summed E-state index contributed by atoms with van der Waals surface area (Å²) in [6.45, 7) is 5.15. The van der Waals surface area contributed by atoms with E-state index in [9.17, 15) is 14.9 Å². The van der Waals surface area contributed by atoms with Crippen molar-refractivity contribution in [3.05, 3.63) is 39.9 Å². The van der Waals surface area contributed by atoms with Gasteiger partial charge >= 0.3 is 5.97 Å². The lowest BCUT2D eigenvalue weighted by Crippen LogP contribution is -2.51. The third kappa shape index (κ3) is 2.80. The van der Waals surface area contributed by atoms with Crippen molar-refractivity contribution in [3.8, 4) is 0 Å². The second kappa shape index (κ2) is 5.58. The smallest absolute Gasteiger partial charge is 0.306 e. The Morgan fingerprint density at radius 1 is 1.45 bits per heavy atom. The van der Waals surface area contributed by atoms with Crippen LogP contribution in [0.3, 0.4) is 0 Å². The Balaban J connectivity index is 2.00. The van der Waals surface area contributed by atoms with Crippen LogP contribution in [0.4, 0.5) is 5.69 Å². The van der Waals surface area contributed by atoms with Gasteiger partial charge in [-0.2, -0.15) is 0 Å². The summed E-state index contributed by atoms with van der Waals surface area (Å²) >= 11 is 0. The molecule has 2 rings (SSSR count). The first-order valence-corrected chi connectivity index (χ1v) is 6.61. The fourth-order valence-electron chi connectivity index (χ4n) is 2.49. The molecule has 1 aromatic rings. The van der Waals surface area contributed by atoms with Crippen molar-refractivity contribution >= 4 is 11.7 Å². The first-order chi connectivity index (χ1) is 9.40. The first kappa shape index (κ1) is 14.5. The van der Waals surface area contributed by atoms with Gasteiger partial charge in [-0.3, -0.25) is 19.8 Å². The third-order valence-corrected chi connectivity index (χ3v) is 4.15. The van der Waals surface area contributed by atoms with Crippen LogP contribution in [0.25, 0.3) is 0 Å². The fraction of sp³-hybridized carbons (Fsp3) is 0.500. The second-order valence-corrected chi connectivity index (χ2v) is 5.37. The minimum absolute atomic E-state index is 0.0622. The van der Waals surface area contributed by atoms with Crippen LogP contribution < -0.4 is 0 Å². The van der Waals surface area contributed by atoms with Gasteiger partial charge in [-0.25, -0.2) is 0 Å². The topological polar surface area (TPSA) is 83.7 Å². The van der Waals surface area contributed by atoms with E-state index in [-0.39, 0.29) is 23.6 Å². The number of carbonyl (C=O) groups is 1. The van der Waals surface area contributed by atoms with Crippen molar-refractivity contribution in [2.24, 2.45) is 11.8 Å². The summed E-state index contributed by atoms with van der Waals surface area (Å²) < 4.78 is 0. The lowest BCUT2D eigenvalue weighted by atomic mass is 9.85. The summed E-state index contributed by atoms with van der Waals surface area (Å²) in [5, 5.41) is 19.7. The molecular weight excluding hydrogens is 260 g/mol. The molecule has 6 heteroatoms. The molecule has 1 saturated heterocycles. The van der Waals surface area contributed by atoms with Crippen LogP contribution >= 0.6 is 0 Å². The minimum atomic E-state index is -0.766. The molecule has 0 radical (unpaired) electrons. The largest absolute Gasteiger partial charge is 0.481 e. The second-order valence-electron chi connectivity index (χ2n) is 5.37. The van der Waals surface area contributed by atoms with Crippen molar-refractivity contribution in [1.82, 2.24) is 4.90 Å². The van der Waals surface area contributed by atoms with E-state index in [4.69, 9.17) is 5.11 Å². The van der Waals surface area contributed by atoms with Gasteiger partial charge in [0.25, 0.3) is 5.69 Å². The van der Waals surface area contributed by atoms with Gasteiger partial charge in [0.2, 0.25) is 0 Å². The van der Waals surface area contributed by atoms with Crippen LogP contribution in [0, 0.1) is 22.0 Å². The Bertz CT molecular complexity index is 526. The van der Waals surface area contributed by atoms with Gasteiger partial charge in [0.15, 0.2) is 0 Å². The summed E-state index contributed by atoms with van der Waals surface area (Å²) in [7, 11) is 0. The molecule has 1 aliphatic rings. The van der Waals surface area contributed by atoms with Crippen molar-refractivity contribution in [2.45, 2.75) is 19.9 Å². The number of likely N-dealkylation sites (tertiary alicyclic amines) is 1. The van der Waals surface area contributed by atoms with Crippen LogP contribution in [0.5, 0.6) is 0 Å². The zero-order valence-corrected chi connectivity index (χ0v) is 11.5. The summed E-state index contributed by atoms with van der Waals surface area (Å²) in [4.78, 5) is 23.4. The molecule has 0 spiro atoms. The monoisotopic (exact) mass is 278 g/mol. The van der Waals surface area contributed by atoms with E-state index < -0.39 is 10.9 Å². The van der Waals surface area contributed by atoms with E-state index in [2.05, 4.69) is 4.90 Å². The maximum absolute atomic E-state index is 10.9. The first-order valence-electron chi connectivity index (χ1n) is 6.61. The molecule has 6 nitrogen and oxygen atoms in total. The average molecular weight is 278 g/mol. The maximum atomic E-state index is 10.9. The number of hydrogen-bond acceptors (Lipinski definition) is 4. The molecule has 108 valence electrons. The number of hydrogen-bond donors (Lipinski definition) is 1. The van der Waals surface area contributed by atoms with E-state index in [1.165, 1.54) is 6.07 Å². The summed E-state index contributed by atoms with van der Waals surface area (Å²) in [6, 6.07) is 6.67. The zero-order chi connectivity index (χ0) is 14.9. The molecule has 1 aliphatic heterocycles. The Morgan fingerprint density at radius 2 is 2.10 bits per heavy atom. The number of carboxylic acid groups (broad SMARTS) is 1. The minimum Gasteiger partial charge on any atom is -0.481 e. The van der Waals surface area contributed by atoms with Gasteiger partial charge < -0.3 is 5.11 Å². The number of nitro benzene ring substituents is 1. The van der Waals surface area contributed by atoms with Crippen LogP contribution in [0.2, 0.25) is 0 Å². The third-order valence-electron chi connectivity index (χ3n) is 4.15. The van der Waals surface area contributed by atoms with Crippen molar-refractivity contribution < 1.29 is 14.8 Å². The summed E-state index contributed by atoms with van der Waals surface area (Å²) in [5.74, 6) is -0.949. The highest BCUT2D eigenvalue weighted by Gasteiger charge is 2.37. The van der Waals surface area contributed by atoms with Gasteiger partial charge in [-0.05, 0) is 18.4 Å². The van der Waals surface area contributed by atoms with E-state index in [0.29, 0.717) is 0 Å². The predicted octanol–water partition coefficient (Wildman–Crippen LogP) is 2.31. The Hall–Kier alpha value is -1.95. The van der Waals surface area contributed by atoms with Crippen molar-refractivity contribution in [3.63, 3.8) is 0 Å². The molecule has 1 aromatic carbocycles. The Kier molecular flexibility index (Phi) is 4.04. The number of benzene rings is 1. The summed E-state index contributed by atoms with van der Waals surface area (Å²) in [6.07, 6.45) is 0. The quantitative estimate of drug-likeness (QED) is 0.660. The maximum Gasteiger partial charge on any atom is 0.306 e. The molecule has 0 saturated carbocycles. The number of carboxylic acids is 1. The molecule has 0 aromatic heterocycles. The van der Waals surface area contributed by atoms with Gasteiger partial charge in [-0.15, -0.1) is 0 Å². The Labute approximate surface area is 117 Å². The summed E-state index contributed by atoms with van der Waals surface area (Å²) in [5.41, 5.74) is 0.978. The molecule has 0 bridgehead atoms. The molecule has 1 heterocycles. The molecule has 2 unspecified atom stereocenters. The molecule has 0 aliphatic carbocycles. The number of nitro groups is 1. The van der Waals surface area contributed by atoms with Gasteiger partial charge in [0, 0.05) is 31.3 Å². The van der Waals surface area contributed by atoms with Crippen LogP contribution in [0.1, 0.15) is 25.5 Å². The highest BCUT2D eigenvalue weighted by Crippen LogP contribution is 2.33. The highest BCUT2D eigenvalue weighted by atomic mass is 16.6. The van der Waals surface area contributed by atoms with E-state index in [0.717, 1.165) is 18.7 Å². The lowest BCUT2D eigenvalue weighted by molar-refractivity contribution is -0.385. The van der Waals surface area contributed by atoms with E-state index in [1.807, 2.05) is 13.0 Å². The SMILES string of the molecule is CC(C(=O)O)C1CN(C(C)c2cccc([N+](=O)[O-])c2)C1. The standard InChI is InChI=1S/C14H18N2O4/c1-9(14(17)18)12-7-15(8-12)10(2)11-4-3-5-13(6-11)16(19)20/h3-6,9-10,12H,7-8H2,1-2H3,(H,17,18). The Morgan fingerprint density at radius 3 is 2.65 bits per heavy atom. The fourth-order valence-corrected chi connectivity index (χ4v) is 2.49. The number of nitrogens with zero attached hydrogens (tertiary/aromatic N) is 2. The van der Waals surface area contributed by atoms with Crippen molar-refractivity contribution in [1.29, 1.82) is 0 Å². The van der Waals surface area contributed by atoms with Crippen LogP contribution in [0.15, 0.2) is 24.3 Å².